The van der Waals surface area contributed by atoms with Gasteiger partial charge in [0.05, 0.1) is 30.3 Å². The molecule has 0 spiro atoms. The van der Waals surface area contributed by atoms with Crippen LogP contribution in [0.2, 0.25) is 10.0 Å². The summed E-state index contributed by atoms with van der Waals surface area (Å²) in [6.07, 6.45) is 5.34. The van der Waals surface area contributed by atoms with Crippen molar-refractivity contribution in [2.24, 2.45) is 0 Å². The Kier molecular flexibility index (Phi) is 7.24. The lowest BCUT2D eigenvalue weighted by Gasteiger charge is -2.17. The van der Waals surface area contributed by atoms with Crippen LogP contribution in [0, 0.1) is 12.3 Å². The van der Waals surface area contributed by atoms with Crippen LogP contribution in [-0.2, 0) is 13.1 Å². The SMILES string of the molecule is C#CCNCc1nnc(CN(C)C)n1-c1ccc(Cl)cc1C(=O)c1ccccc1Cl. The summed E-state index contributed by atoms with van der Waals surface area (Å²) in [5, 5.41) is 12.6. The number of carbonyl (C=O) groups is 1. The summed E-state index contributed by atoms with van der Waals surface area (Å²) in [6, 6.07) is 12.1. The minimum absolute atomic E-state index is 0.231. The van der Waals surface area contributed by atoms with Gasteiger partial charge in [-0.3, -0.25) is 14.7 Å². The molecule has 0 aliphatic carbocycles. The largest absolute Gasteiger partial charge is 0.302 e. The maximum Gasteiger partial charge on any atom is 0.196 e. The Morgan fingerprint density at radius 1 is 1.13 bits per heavy atom. The van der Waals surface area contributed by atoms with Crippen LogP contribution >= 0.6 is 23.2 Å². The molecule has 0 radical (unpaired) electrons. The van der Waals surface area contributed by atoms with E-state index in [4.69, 9.17) is 29.6 Å². The fourth-order valence-electron chi connectivity index (χ4n) is 3.05. The van der Waals surface area contributed by atoms with Gasteiger partial charge in [-0.25, -0.2) is 0 Å². The molecule has 6 nitrogen and oxygen atoms in total. The molecule has 3 rings (SSSR count). The minimum Gasteiger partial charge on any atom is -0.302 e. The standard InChI is InChI=1S/C22H21Cl2N5O/c1-4-11-25-13-20-26-27-21(14-28(2)3)29(20)19-10-9-15(23)12-17(19)22(30)16-7-5-6-8-18(16)24/h1,5-10,12,25H,11,13-14H2,2-3H3. The van der Waals surface area contributed by atoms with Crippen molar-refractivity contribution < 1.29 is 4.79 Å². The number of benzene rings is 2. The Balaban J connectivity index is 2.16. The number of aromatic nitrogens is 3. The van der Waals surface area contributed by atoms with E-state index in [1.165, 1.54) is 0 Å². The van der Waals surface area contributed by atoms with Gasteiger partial charge in [-0.2, -0.15) is 0 Å². The lowest BCUT2D eigenvalue weighted by Crippen LogP contribution is -2.21. The zero-order valence-corrected chi connectivity index (χ0v) is 18.2. The van der Waals surface area contributed by atoms with Crippen LogP contribution in [0.15, 0.2) is 42.5 Å². The van der Waals surface area contributed by atoms with Crippen molar-refractivity contribution in [1.82, 2.24) is 25.0 Å². The summed E-state index contributed by atoms with van der Waals surface area (Å²) < 4.78 is 1.87. The highest BCUT2D eigenvalue weighted by Crippen LogP contribution is 2.27. The van der Waals surface area contributed by atoms with Crippen LogP contribution in [0.4, 0.5) is 0 Å². The second kappa shape index (κ2) is 9.88. The number of terminal acetylenes is 1. The zero-order chi connectivity index (χ0) is 21.7. The molecule has 1 heterocycles. The third kappa shape index (κ3) is 4.89. The fraction of sp³-hybridized carbons (Fsp3) is 0.227. The summed E-state index contributed by atoms with van der Waals surface area (Å²) >= 11 is 12.5. The maximum atomic E-state index is 13.4. The molecule has 30 heavy (non-hydrogen) atoms. The van der Waals surface area contributed by atoms with E-state index in [2.05, 4.69) is 21.4 Å². The molecule has 154 valence electrons. The van der Waals surface area contributed by atoms with Crippen LogP contribution < -0.4 is 5.32 Å². The Bertz CT molecular complexity index is 1100. The van der Waals surface area contributed by atoms with E-state index in [0.29, 0.717) is 58.1 Å². The highest BCUT2D eigenvalue weighted by molar-refractivity contribution is 6.35. The molecule has 0 fully saturated rings. The molecule has 0 saturated heterocycles. The van der Waals surface area contributed by atoms with E-state index < -0.39 is 0 Å². The van der Waals surface area contributed by atoms with Crippen molar-refractivity contribution in [3.63, 3.8) is 0 Å². The average molecular weight is 442 g/mol. The van der Waals surface area contributed by atoms with E-state index in [0.717, 1.165) is 0 Å². The number of nitrogens with one attached hydrogen (secondary N) is 1. The molecular formula is C22H21Cl2N5O. The first-order valence-electron chi connectivity index (χ1n) is 9.23. The molecule has 0 aliphatic rings. The van der Waals surface area contributed by atoms with Crippen molar-refractivity contribution in [3.8, 4) is 18.0 Å². The first-order valence-corrected chi connectivity index (χ1v) is 9.99. The summed E-state index contributed by atoms with van der Waals surface area (Å²) in [4.78, 5) is 15.4. The molecular weight excluding hydrogens is 421 g/mol. The number of ketones is 1. The third-order valence-corrected chi connectivity index (χ3v) is 4.89. The van der Waals surface area contributed by atoms with Gasteiger partial charge < -0.3 is 4.90 Å². The molecule has 0 aliphatic heterocycles. The van der Waals surface area contributed by atoms with Gasteiger partial charge in [0.2, 0.25) is 0 Å². The molecule has 8 heteroatoms. The Morgan fingerprint density at radius 3 is 2.57 bits per heavy atom. The average Bonchev–Trinajstić information content (AvgIpc) is 3.09. The molecule has 1 N–H and O–H groups in total. The first kappa shape index (κ1) is 22.0. The molecule has 2 aromatic carbocycles. The van der Waals surface area contributed by atoms with Gasteiger partial charge in [0, 0.05) is 16.1 Å². The van der Waals surface area contributed by atoms with E-state index in [-0.39, 0.29) is 5.78 Å². The van der Waals surface area contributed by atoms with Gasteiger partial charge >= 0.3 is 0 Å². The molecule has 0 bridgehead atoms. The number of halogens is 2. The van der Waals surface area contributed by atoms with E-state index in [1.807, 2.05) is 23.6 Å². The summed E-state index contributed by atoms with van der Waals surface area (Å²) in [6.45, 7) is 1.32. The summed E-state index contributed by atoms with van der Waals surface area (Å²) in [5.74, 6) is 3.63. The molecule has 0 unspecified atom stereocenters. The lowest BCUT2D eigenvalue weighted by atomic mass is 10.0. The summed E-state index contributed by atoms with van der Waals surface area (Å²) in [7, 11) is 3.87. The van der Waals surface area contributed by atoms with Crippen molar-refractivity contribution in [2.45, 2.75) is 13.1 Å². The second-order valence-corrected chi connectivity index (χ2v) is 7.73. The molecule has 3 aromatic rings. The Labute approximate surface area is 185 Å². The molecule has 0 saturated carbocycles. The van der Waals surface area contributed by atoms with Gasteiger partial charge in [-0.1, -0.05) is 41.3 Å². The van der Waals surface area contributed by atoms with Crippen LogP contribution in [-0.4, -0.2) is 46.1 Å². The van der Waals surface area contributed by atoms with Crippen LogP contribution in [0.1, 0.15) is 27.6 Å². The molecule has 1 aromatic heterocycles. The van der Waals surface area contributed by atoms with Gasteiger partial charge in [-0.15, -0.1) is 16.6 Å². The van der Waals surface area contributed by atoms with Crippen molar-refractivity contribution in [2.75, 3.05) is 20.6 Å². The summed E-state index contributed by atoms with van der Waals surface area (Å²) in [5.41, 5.74) is 1.44. The van der Waals surface area contributed by atoms with Crippen LogP contribution in [0.3, 0.4) is 0 Å². The third-order valence-electron chi connectivity index (χ3n) is 4.33. The smallest absolute Gasteiger partial charge is 0.196 e. The number of nitrogens with zero attached hydrogens (tertiary/aromatic N) is 4. The quantitative estimate of drug-likeness (QED) is 0.328. The maximum absolute atomic E-state index is 13.4. The van der Waals surface area contributed by atoms with Gasteiger partial charge in [-0.05, 0) is 44.4 Å². The minimum atomic E-state index is -0.231. The predicted molar refractivity (Wildman–Crippen MR) is 119 cm³/mol. The highest BCUT2D eigenvalue weighted by atomic mass is 35.5. The fourth-order valence-corrected chi connectivity index (χ4v) is 3.45. The Hall–Kier alpha value is -2.69. The first-order chi connectivity index (χ1) is 14.4. The van der Waals surface area contributed by atoms with Gasteiger partial charge in [0.15, 0.2) is 17.4 Å². The Morgan fingerprint density at radius 2 is 1.87 bits per heavy atom. The van der Waals surface area contributed by atoms with E-state index in [9.17, 15) is 4.79 Å². The molecule has 0 atom stereocenters. The van der Waals surface area contributed by atoms with Crippen LogP contribution in [0.5, 0.6) is 0 Å². The number of hydrogen-bond acceptors (Lipinski definition) is 5. The number of rotatable bonds is 8. The van der Waals surface area contributed by atoms with Gasteiger partial charge in [0.25, 0.3) is 0 Å². The van der Waals surface area contributed by atoms with Crippen molar-refractivity contribution >= 4 is 29.0 Å². The lowest BCUT2D eigenvalue weighted by molar-refractivity contribution is 0.103. The monoisotopic (exact) mass is 441 g/mol. The van der Waals surface area contributed by atoms with E-state index in [1.54, 1.807) is 42.5 Å². The highest BCUT2D eigenvalue weighted by Gasteiger charge is 2.22. The van der Waals surface area contributed by atoms with E-state index >= 15 is 0 Å². The van der Waals surface area contributed by atoms with Gasteiger partial charge in [0.1, 0.15) is 0 Å². The number of hydrogen-bond donors (Lipinski definition) is 1. The second-order valence-electron chi connectivity index (χ2n) is 6.88. The zero-order valence-electron chi connectivity index (χ0n) is 16.7. The van der Waals surface area contributed by atoms with Crippen LogP contribution in [0.25, 0.3) is 5.69 Å². The predicted octanol–water partition coefficient (Wildman–Crippen LogP) is 3.59. The molecule has 0 amide bonds. The number of carbonyl (C=O) groups excluding carboxylic acids is 1. The topological polar surface area (TPSA) is 63.1 Å². The van der Waals surface area contributed by atoms with Crippen molar-refractivity contribution in [1.29, 1.82) is 0 Å². The normalized spacial score (nSPS) is 10.9. The van der Waals surface area contributed by atoms with Crippen molar-refractivity contribution in [3.05, 3.63) is 75.3 Å².